The Morgan fingerprint density at radius 3 is 1.23 bits per heavy atom. The molecule has 208 valence electrons. The van der Waals surface area contributed by atoms with Gasteiger partial charge in [0.2, 0.25) is 0 Å². The van der Waals surface area contributed by atoms with Crippen molar-refractivity contribution in [2.75, 3.05) is 38.0 Å². The third-order valence-electron chi connectivity index (χ3n) is 7.95. The minimum Gasteiger partial charge on any atom is -0.378 e. The van der Waals surface area contributed by atoms with E-state index in [0.717, 1.165) is 23.5 Å². The van der Waals surface area contributed by atoms with Crippen LogP contribution in [-0.2, 0) is 10.8 Å². The molecular formula is C32H32F4N4. The molecule has 2 aromatic heterocycles. The smallest absolute Gasteiger partial charge is 0.135 e. The van der Waals surface area contributed by atoms with Crippen molar-refractivity contribution in [1.29, 1.82) is 0 Å². The third-order valence-corrected chi connectivity index (χ3v) is 7.95. The number of hydrogen-bond donors (Lipinski definition) is 0. The summed E-state index contributed by atoms with van der Waals surface area (Å²) >= 11 is 0. The van der Waals surface area contributed by atoms with Gasteiger partial charge in [-0.25, -0.2) is 17.6 Å². The van der Waals surface area contributed by atoms with Crippen LogP contribution in [-0.4, -0.2) is 38.2 Å². The molecule has 1 aliphatic rings. The molecular weight excluding hydrogens is 516 g/mol. The third kappa shape index (κ3) is 4.39. The van der Waals surface area contributed by atoms with E-state index in [1.54, 1.807) is 26.0 Å². The fraction of sp³-hybridized carbons (Fsp3) is 0.312. The molecule has 1 aliphatic heterocycles. The number of nitrogens with zero attached hydrogens (tertiary/aromatic N) is 4. The zero-order valence-corrected chi connectivity index (χ0v) is 23.9. The minimum atomic E-state index is -1.30. The van der Waals surface area contributed by atoms with E-state index in [-0.39, 0.29) is 22.3 Å². The van der Waals surface area contributed by atoms with Gasteiger partial charge in [0.15, 0.2) is 0 Å². The van der Waals surface area contributed by atoms with E-state index in [2.05, 4.69) is 0 Å². The van der Waals surface area contributed by atoms with Crippen molar-refractivity contribution in [3.8, 4) is 22.5 Å². The Labute approximate surface area is 232 Å². The highest BCUT2D eigenvalue weighted by Gasteiger charge is 2.34. The Morgan fingerprint density at radius 1 is 0.500 bits per heavy atom. The van der Waals surface area contributed by atoms with Gasteiger partial charge in [-0.05, 0) is 61.4 Å². The summed E-state index contributed by atoms with van der Waals surface area (Å²) in [5.74, 6) is -3.23. The lowest BCUT2D eigenvalue weighted by Crippen LogP contribution is -2.26. The maximum Gasteiger partial charge on any atom is 0.135 e. The molecule has 8 heteroatoms. The van der Waals surface area contributed by atoms with Crippen LogP contribution in [0, 0.1) is 23.3 Å². The van der Waals surface area contributed by atoms with Gasteiger partial charge in [-0.2, -0.15) is 0 Å². The van der Waals surface area contributed by atoms with Gasteiger partial charge in [0.25, 0.3) is 0 Å². The van der Waals surface area contributed by atoms with Gasteiger partial charge in [0.05, 0.1) is 22.8 Å². The second-order valence-electron chi connectivity index (χ2n) is 11.9. The van der Waals surface area contributed by atoms with Crippen LogP contribution >= 0.6 is 0 Å². The topological polar surface area (TPSA) is 32.3 Å². The Hall–Kier alpha value is -3.94. The monoisotopic (exact) mass is 548 g/mol. The second kappa shape index (κ2) is 9.32. The van der Waals surface area contributed by atoms with Crippen molar-refractivity contribution in [3.63, 3.8) is 0 Å². The molecule has 0 N–H and O–H groups in total. The lowest BCUT2D eigenvalue weighted by atomic mass is 9.76. The second-order valence-corrected chi connectivity index (χ2v) is 11.9. The molecule has 0 saturated carbocycles. The van der Waals surface area contributed by atoms with E-state index in [0.29, 0.717) is 22.8 Å². The fourth-order valence-electron chi connectivity index (χ4n) is 5.19. The molecule has 0 fully saturated rings. The summed E-state index contributed by atoms with van der Waals surface area (Å²) in [5, 5.41) is 0. The first-order valence-corrected chi connectivity index (χ1v) is 13.0. The van der Waals surface area contributed by atoms with Crippen LogP contribution in [0.5, 0.6) is 0 Å². The summed E-state index contributed by atoms with van der Waals surface area (Å²) in [5.41, 5.74) is 1.52. The van der Waals surface area contributed by atoms with Gasteiger partial charge >= 0.3 is 0 Å². The number of halogens is 4. The number of benzene rings is 2. The van der Waals surface area contributed by atoms with Crippen molar-refractivity contribution in [3.05, 3.63) is 94.3 Å². The lowest BCUT2D eigenvalue weighted by Gasteiger charge is -2.30. The van der Waals surface area contributed by atoms with E-state index >= 15 is 17.6 Å². The summed E-state index contributed by atoms with van der Waals surface area (Å²) in [6, 6.07) is 11.7. The maximum atomic E-state index is 15.4. The Morgan fingerprint density at radius 2 is 0.875 bits per heavy atom. The van der Waals surface area contributed by atoms with E-state index in [1.165, 1.54) is 12.1 Å². The van der Waals surface area contributed by atoms with Crippen LogP contribution in [0.4, 0.5) is 28.9 Å². The van der Waals surface area contributed by atoms with Crippen molar-refractivity contribution in [2.24, 2.45) is 0 Å². The molecule has 8 bridgehead atoms. The van der Waals surface area contributed by atoms with Crippen LogP contribution in [0.15, 0.2) is 48.5 Å². The van der Waals surface area contributed by atoms with Crippen molar-refractivity contribution in [1.82, 2.24) is 9.97 Å². The summed E-state index contributed by atoms with van der Waals surface area (Å²) in [7, 11) is 7.46. The molecule has 40 heavy (non-hydrogen) atoms. The normalized spacial score (nSPS) is 14.9. The molecule has 0 radical (unpaired) electrons. The van der Waals surface area contributed by atoms with E-state index in [1.807, 2.05) is 64.0 Å². The zero-order valence-electron chi connectivity index (χ0n) is 23.9. The van der Waals surface area contributed by atoms with Crippen molar-refractivity contribution in [2.45, 2.75) is 38.5 Å². The van der Waals surface area contributed by atoms with Crippen LogP contribution in [0.1, 0.15) is 50.2 Å². The first kappa shape index (κ1) is 27.6. The molecule has 5 rings (SSSR count). The van der Waals surface area contributed by atoms with E-state index in [4.69, 9.17) is 9.97 Å². The fourth-order valence-corrected chi connectivity index (χ4v) is 5.19. The van der Waals surface area contributed by atoms with Gasteiger partial charge in [0, 0.05) is 73.7 Å². The molecule has 0 unspecified atom stereocenters. The predicted molar refractivity (Wildman–Crippen MR) is 152 cm³/mol. The molecule has 0 spiro atoms. The van der Waals surface area contributed by atoms with Gasteiger partial charge in [-0.3, -0.25) is 9.97 Å². The van der Waals surface area contributed by atoms with Gasteiger partial charge < -0.3 is 9.80 Å². The van der Waals surface area contributed by atoms with Crippen LogP contribution < -0.4 is 9.80 Å². The van der Waals surface area contributed by atoms with Crippen LogP contribution in [0.25, 0.3) is 22.5 Å². The lowest BCUT2D eigenvalue weighted by molar-refractivity contribution is 0.502. The average Bonchev–Trinajstić information content (AvgIpc) is 2.87. The summed E-state index contributed by atoms with van der Waals surface area (Å²) in [4.78, 5) is 13.5. The SMILES string of the molecule is CN(C)c1cc2nc(c1)C(C)(C)c1cc(N(C)C)cc(n1)-c1cc(c(F)cc1F)C(C)(C)c1cc-2c(F)cc1F. The molecule has 3 heterocycles. The Bertz CT molecular complexity index is 1540. The number of anilines is 2. The number of pyridine rings is 2. The zero-order chi connectivity index (χ0) is 29.3. The van der Waals surface area contributed by atoms with Gasteiger partial charge in [0.1, 0.15) is 23.3 Å². The van der Waals surface area contributed by atoms with Crippen molar-refractivity contribution < 1.29 is 17.6 Å². The summed E-state index contributed by atoms with van der Waals surface area (Å²) in [6.45, 7) is 7.15. The first-order chi connectivity index (χ1) is 18.6. The highest BCUT2D eigenvalue weighted by Crippen LogP contribution is 2.42. The minimum absolute atomic E-state index is 0.0611. The van der Waals surface area contributed by atoms with Gasteiger partial charge in [-0.1, -0.05) is 13.8 Å². The Kier molecular flexibility index (Phi) is 6.44. The summed E-state index contributed by atoms with van der Waals surface area (Å²) in [6.07, 6.45) is 0. The average molecular weight is 549 g/mol. The largest absolute Gasteiger partial charge is 0.378 e. The molecule has 0 atom stereocenters. The molecule has 2 aromatic carbocycles. The summed E-state index contributed by atoms with van der Waals surface area (Å²) < 4.78 is 61.8. The molecule has 4 nitrogen and oxygen atoms in total. The molecule has 4 aromatic rings. The van der Waals surface area contributed by atoms with E-state index < -0.39 is 34.1 Å². The quantitative estimate of drug-likeness (QED) is 0.243. The Balaban J connectivity index is 1.99. The highest BCUT2D eigenvalue weighted by atomic mass is 19.1. The number of hydrogen-bond acceptors (Lipinski definition) is 4. The molecule has 0 saturated heterocycles. The highest BCUT2D eigenvalue weighted by molar-refractivity contribution is 5.71. The number of fused-ring (bicyclic) bond motifs is 10. The maximum absolute atomic E-state index is 15.4. The van der Waals surface area contributed by atoms with Gasteiger partial charge in [-0.15, -0.1) is 0 Å². The van der Waals surface area contributed by atoms with Crippen LogP contribution in [0.3, 0.4) is 0 Å². The van der Waals surface area contributed by atoms with Crippen molar-refractivity contribution >= 4 is 11.4 Å². The van der Waals surface area contributed by atoms with Crippen LogP contribution in [0.2, 0.25) is 0 Å². The number of rotatable bonds is 2. The number of aromatic nitrogens is 2. The predicted octanol–water partition coefficient (Wildman–Crippen LogP) is 7.46. The molecule has 0 amide bonds. The molecule has 0 aliphatic carbocycles. The standard InChI is InChI=1S/C32H32F4N4/c1-31(2)21-13-19(23(33)15-25(21)35)27-9-17(39(5)6)11-29(37-27)32(3,4)30-12-18(40(7)8)10-28(38-30)20-14-22(31)26(36)16-24(20)34/h9-16H,1-8H3. The first-order valence-electron chi connectivity index (χ1n) is 13.0. The van der Waals surface area contributed by atoms with E-state index in [9.17, 15) is 0 Å².